The zero-order valence-electron chi connectivity index (χ0n) is 12.5. The lowest BCUT2D eigenvalue weighted by Crippen LogP contribution is -2.29. The molecule has 0 aliphatic heterocycles. The van der Waals surface area contributed by atoms with Crippen LogP contribution < -0.4 is 10.5 Å². The number of ether oxygens (including phenoxy) is 1. The maximum Gasteiger partial charge on any atom is 0.349 e. The van der Waals surface area contributed by atoms with Crippen molar-refractivity contribution >= 4 is 28.9 Å². The number of nitrogens with zero attached hydrogens (tertiary/aromatic N) is 1. The number of rotatable bonds is 6. The third kappa shape index (κ3) is 3.00. The van der Waals surface area contributed by atoms with Gasteiger partial charge in [-0.1, -0.05) is 12.1 Å². The summed E-state index contributed by atoms with van der Waals surface area (Å²) in [5.41, 5.74) is 0.184. The van der Waals surface area contributed by atoms with Crippen molar-refractivity contribution in [1.82, 2.24) is 0 Å². The van der Waals surface area contributed by atoms with Gasteiger partial charge < -0.3 is 14.1 Å². The lowest BCUT2D eigenvalue weighted by Gasteiger charge is -2.24. The Labute approximate surface area is 127 Å². The summed E-state index contributed by atoms with van der Waals surface area (Å²) >= 11 is 0. The third-order valence-corrected chi connectivity index (χ3v) is 3.45. The Bertz CT molecular complexity index is 750. The molecule has 2 aromatic rings. The molecule has 0 saturated carbocycles. The zero-order valence-corrected chi connectivity index (χ0v) is 12.5. The molecule has 6 heteroatoms. The molecule has 0 atom stereocenters. The molecule has 0 aliphatic carbocycles. The largest absolute Gasteiger partial charge is 0.469 e. The van der Waals surface area contributed by atoms with Gasteiger partial charge in [0.2, 0.25) is 0 Å². The van der Waals surface area contributed by atoms with Gasteiger partial charge in [-0.25, -0.2) is 4.79 Å². The number of hydrogen-bond acceptors (Lipinski definition) is 6. The lowest BCUT2D eigenvalue weighted by molar-refractivity contribution is -0.140. The van der Waals surface area contributed by atoms with Crippen molar-refractivity contribution in [2.45, 2.75) is 13.3 Å². The van der Waals surface area contributed by atoms with Gasteiger partial charge in [0.25, 0.3) is 0 Å². The summed E-state index contributed by atoms with van der Waals surface area (Å²) in [5.74, 6) is -0.349. The highest BCUT2D eigenvalue weighted by Gasteiger charge is 2.19. The average Bonchev–Trinajstić information content (AvgIpc) is 2.54. The van der Waals surface area contributed by atoms with Gasteiger partial charge in [0.15, 0.2) is 6.29 Å². The number of benzene rings is 1. The van der Waals surface area contributed by atoms with E-state index in [4.69, 9.17) is 4.42 Å². The normalized spacial score (nSPS) is 10.5. The molecule has 22 heavy (non-hydrogen) atoms. The fraction of sp³-hybridized carbons (Fsp3) is 0.312. The highest BCUT2D eigenvalue weighted by atomic mass is 16.5. The van der Waals surface area contributed by atoms with E-state index in [0.29, 0.717) is 36.0 Å². The number of carbonyl (C=O) groups is 2. The number of methoxy groups -OCH3 is 1. The summed E-state index contributed by atoms with van der Waals surface area (Å²) in [5, 5.41) is 0.663. The summed E-state index contributed by atoms with van der Waals surface area (Å²) in [6.45, 7) is 2.76. The van der Waals surface area contributed by atoms with Crippen LogP contribution in [0, 0.1) is 0 Å². The molecule has 1 heterocycles. The third-order valence-electron chi connectivity index (χ3n) is 3.45. The quantitative estimate of drug-likeness (QED) is 0.461. The molecule has 0 unspecified atom stereocenters. The van der Waals surface area contributed by atoms with Gasteiger partial charge in [0.1, 0.15) is 11.1 Å². The monoisotopic (exact) mass is 303 g/mol. The highest BCUT2D eigenvalue weighted by Crippen LogP contribution is 2.28. The summed E-state index contributed by atoms with van der Waals surface area (Å²) in [6, 6.07) is 7.00. The van der Waals surface area contributed by atoms with Gasteiger partial charge >= 0.3 is 11.6 Å². The molecule has 0 amide bonds. The Balaban J connectivity index is 2.57. The van der Waals surface area contributed by atoms with E-state index in [0.717, 1.165) is 0 Å². The molecule has 0 radical (unpaired) electrons. The minimum atomic E-state index is -0.680. The summed E-state index contributed by atoms with van der Waals surface area (Å²) in [4.78, 5) is 36.5. The van der Waals surface area contributed by atoms with Crippen molar-refractivity contribution in [3.8, 4) is 0 Å². The van der Waals surface area contributed by atoms with Gasteiger partial charge in [-0.3, -0.25) is 9.59 Å². The van der Waals surface area contributed by atoms with Crippen molar-refractivity contribution in [1.29, 1.82) is 0 Å². The SMILES string of the molecule is CCN(CCC(=O)OC)c1c(C=O)c(=O)oc2ccccc12. The van der Waals surface area contributed by atoms with Crippen LogP contribution in [0.1, 0.15) is 23.7 Å². The summed E-state index contributed by atoms with van der Waals surface area (Å²) in [6.07, 6.45) is 0.658. The second-order valence-electron chi connectivity index (χ2n) is 4.67. The van der Waals surface area contributed by atoms with Crippen molar-refractivity contribution in [2.24, 2.45) is 0 Å². The second-order valence-corrected chi connectivity index (χ2v) is 4.67. The van der Waals surface area contributed by atoms with E-state index in [9.17, 15) is 14.4 Å². The van der Waals surface area contributed by atoms with Crippen molar-refractivity contribution in [2.75, 3.05) is 25.1 Å². The molecule has 6 nitrogen and oxygen atoms in total. The van der Waals surface area contributed by atoms with Crippen LogP contribution in [-0.4, -0.2) is 32.5 Å². The van der Waals surface area contributed by atoms with E-state index >= 15 is 0 Å². The molecule has 0 aliphatic rings. The minimum Gasteiger partial charge on any atom is -0.469 e. The summed E-state index contributed by atoms with van der Waals surface area (Å²) < 4.78 is 9.79. The van der Waals surface area contributed by atoms with Crippen LogP contribution in [0.3, 0.4) is 0 Å². The summed E-state index contributed by atoms with van der Waals surface area (Å²) in [7, 11) is 1.32. The van der Waals surface area contributed by atoms with E-state index in [1.807, 2.05) is 6.92 Å². The van der Waals surface area contributed by atoms with Gasteiger partial charge in [-0.15, -0.1) is 0 Å². The topological polar surface area (TPSA) is 76.8 Å². The molecule has 0 fully saturated rings. The number of anilines is 1. The molecule has 116 valence electrons. The maximum absolute atomic E-state index is 12.0. The minimum absolute atomic E-state index is 0.0367. The Morgan fingerprint density at radius 3 is 2.73 bits per heavy atom. The van der Waals surface area contributed by atoms with Crippen LogP contribution in [0.15, 0.2) is 33.5 Å². The first-order valence-corrected chi connectivity index (χ1v) is 6.95. The van der Waals surface area contributed by atoms with E-state index in [-0.39, 0.29) is 18.0 Å². The maximum atomic E-state index is 12.0. The van der Waals surface area contributed by atoms with Gasteiger partial charge in [0.05, 0.1) is 19.2 Å². The van der Waals surface area contributed by atoms with E-state index in [2.05, 4.69) is 4.74 Å². The Hall–Kier alpha value is -2.63. The van der Waals surface area contributed by atoms with Crippen molar-refractivity contribution < 1.29 is 18.7 Å². The van der Waals surface area contributed by atoms with E-state index < -0.39 is 5.63 Å². The molecule has 0 N–H and O–H groups in total. The standard InChI is InChI=1S/C16H17NO5/c1-3-17(9-8-14(19)21-2)15-11-6-4-5-7-13(11)22-16(20)12(15)10-18/h4-7,10H,3,8-9H2,1-2H3. The Morgan fingerprint density at radius 2 is 2.09 bits per heavy atom. The first-order valence-electron chi connectivity index (χ1n) is 6.95. The van der Waals surface area contributed by atoms with E-state index in [1.165, 1.54) is 7.11 Å². The van der Waals surface area contributed by atoms with Crippen LogP contribution >= 0.6 is 0 Å². The number of hydrogen-bond donors (Lipinski definition) is 0. The average molecular weight is 303 g/mol. The first kappa shape index (κ1) is 15.8. The molecule has 0 saturated heterocycles. The predicted octanol–water partition coefficient (Wildman–Crippen LogP) is 1.99. The Kier molecular flexibility index (Phi) is 4.93. The van der Waals surface area contributed by atoms with Crippen LogP contribution in [0.2, 0.25) is 0 Å². The molecular weight excluding hydrogens is 286 g/mol. The zero-order chi connectivity index (χ0) is 16.1. The van der Waals surface area contributed by atoms with Crippen molar-refractivity contribution in [3.63, 3.8) is 0 Å². The van der Waals surface area contributed by atoms with E-state index in [1.54, 1.807) is 29.2 Å². The molecule has 0 bridgehead atoms. The van der Waals surface area contributed by atoms with Crippen molar-refractivity contribution in [3.05, 3.63) is 40.2 Å². The second kappa shape index (κ2) is 6.89. The van der Waals surface area contributed by atoms with Crippen LogP contribution in [0.5, 0.6) is 0 Å². The van der Waals surface area contributed by atoms with Gasteiger partial charge in [-0.05, 0) is 19.1 Å². The fourth-order valence-corrected chi connectivity index (χ4v) is 2.35. The number of fused-ring (bicyclic) bond motifs is 1. The molecule has 2 rings (SSSR count). The van der Waals surface area contributed by atoms with Gasteiger partial charge in [-0.2, -0.15) is 0 Å². The fourth-order valence-electron chi connectivity index (χ4n) is 2.35. The molecular formula is C16H17NO5. The number of para-hydroxylation sites is 1. The Morgan fingerprint density at radius 1 is 1.36 bits per heavy atom. The number of aldehydes is 1. The van der Waals surface area contributed by atoms with Crippen LogP contribution in [-0.2, 0) is 9.53 Å². The van der Waals surface area contributed by atoms with Crippen LogP contribution in [0.25, 0.3) is 11.0 Å². The smallest absolute Gasteiger partial charge is 0.349 e. The predicted molar refractivity (Wildman–Crippen MR) is 82.4 cm³/mol. The molecule has 1 aromatic heterocycles. The number of carbonyl (C=O) groups excluding carboxylic acids is 2. The first-order chi connectivity index (χ1) is 10.6. The van der Waals surface area contributed by atoms with Crippen LogP contribution in [0.4, 0.5) is 5.69 Å². The van der Waals surface area contributed by atoms with Gasteiger partial charge in [0, 0.05) is 18.5 Å². The number of esters is 1. The molecule has 0 spiro atoms. The lowest BCUT2D eigenvalue weighted by atomic mass is 10.1. The highest BCUT2D eigenvalue weighted by molar-refractivity contribution is 5.99. The molecule has 1 aromatic carbocycles.